The second-order valence-corrected chi connectivity index (χ2v) is 4.59. The minimum Gasteiger partial charge on any atom is -0.403 e. The first kappa shape index (κ1) is 11.0. The van der Waals surface area contributed by atoms with Crippen molar-refractivity contribution in [1.29, 1.82) is 0 Å². The lowest BCUT2D eigenvalue weighted by atomic mass is 9.55. The molecule has 1 aliphatic heterocycles. The molecule has 1 aliphatic rings. The van der Waals surface area contributed by atoms with Crippen molar-refractivity contribution in [2.45, 2.75) is 0 Å². The Balaban J connectivity index is 2.06. The third kappa shape index (κ3) is 1.70. The average molecular weight is 236 g/mol. The van der Waals surface area contributed by atoms with Gasteiger partial charge in [-0.2, -0.15) is 0 Å². The van der Waals surface area contributed by atoms with Crippen LogP contribution in [0.25, 0.3) is 6.08 Å². The van der Waals surface area contributed by atoms with Gasteiger partial charge in [-0.25, -0.2) is 4.57 Å². The Hall–Kier alpha value is -2.10. The Morgan fingerprint density at radius 3 is 3.00 bits per heavy atom. The van der Waals surface area contributed by atoms with Crippen molar-refractivity contribution in [2.75, 3.05) is 11.9 Å². The monoisotopic (exact) mass is 236 g/mol. The summed E-state index contributed by atoms with van der Waals surface area (Å²) < 4.78 is 2.16. The van der Waals surface area contributed by atoms with Gasteiger partial charge in [-0.05, 0) is 24.7 Å². The number of aryl methyl sites for hydroxylation is 1. The highest BCUT2D eigenvalue weighted by Crippen LogP contribution is 2.24. The Bertz CT molecular complexity index is 609. The molecule has 0 saturated carbocycles. The fourth-order valence-corrected chi connectivity index (χ4v) is 2.45. The van der Waals surface area contributed by atoms with Crippen molar-refractivity contribution in [1.82, 2.24) is 4.98 Å². The van der Waals surface area contributed by atoms with Crippen LogP contribution in [0.3, 0.4) is 0 Å². The Morgan fingerprint density at radius 1 is 1.28 bits per heavy atom. The Kier molecular flexibility index (Phi) is 2.63. The van der Waals surface area contributed by atoms with Crippen LogP contribution in [0.5, 0.6) is 0 Å². The highest BCUT2D eigenvalue weighted by atomic mass is 15.1. The maximum atomic E-state index is 4.22. The normalized spacial score (nSPS) is 13.7. The fraction of sp³-hybridized carbons (Fsp3) is 0.143. The number of hydrogen-bond acceptors (Lipinski definition) is 2. The second kappa shape index (κ2) is 4.29. The highest BCUT2D eigenvalue weighted by molar-refractivity contribution is 6.80. The quantitative estimate of drug-likeness (QED) is 0.539. The molecule has 2 aromatic heterocycles. The molecule has 0 spiro atoms. The summed E-state index contributed by atoms with van der Waals surface area (Å²) >= 11 is 0. The number of fused-ring (bicyclic) bond motifs is 1. The number of pyridine rings is 2. The fourth-order valence-electron chi connectivity index (χ4n) is 2.45. The van der Waals surface area contributed by atoms with E-state index in [4.69, 9.17) is 0 Å². The molecule has 3 rings (SSSR count). The van der Waals surface area contributed by atoms with Gasteiger partial charge >= 0.3 is 6.85 Å². The topological polar surface area (TPSA) is 20.0 Å². The van der Waals surface area contributed by atoms with Gasteiger partial charge in [-0.15, -0.1) is 0 Å². The summed E-state index contributed by atoms with van der Waals surface area (Å²) in [5, 5.41) is 0. The van der Waals surface area contributed by atoms with Gasteiger partial charge in [-0.1, -0.05) is 18.1 Å². The molecule has 0 fully saturated rings. The van der Waals surface area contributed by atoms with E-state index >= 15 is 0 Å². The SMILES string of the molecule is CN1B(c2cccc[n+]2C)C=Cc2ccncc21. The first-order valence-electron chi connectivity index (χ1n) is 6.07. The maximum Gasteiger partial charge on any atom is 0.396 e. The number of hydrogen-bond donors (Lipinski definition) is 0. The van der Waals surface area contributed by atoms with E-state index in [-0.39, 0.29) is 6.85 Å². The predicted molar refractivity (Wildman–Crippen MR) is 74.7 cm³/mol. The van der Waals surface area contributed by atoms with E-state index in [2.05, 4.69) is 58.8 Å². The highest BCUT2D eigenvalue weighted by Gasteiger charge is 2.31. The summed E-state index contributed by atoms with van der Waals surface area (Å²) in [6, 6.07) is 8.33. The molecular formula is C14H15BN3+. The van der Waals surface area contributed by atoms with Crippen molar-refractivity contribution in [3.05, 3.63) is 54.4 Å². The van der Waals surface area contributed by atoms with Crippen LogP contribution in [0.15, 0.2) is 48.8 Å². The van der Waals surface area contributed by atoms with Gasteiger partial charge in [0.1, 0.15) is 7.05 Å². The molecule has 0 amide bonds. The van der Waals surface area contributed by atoms with Gasteiger partial charge in [0.05, 0.1) is 5.69 Å². The second-order valence-electron chi connectivity index (χ2n) is 4.59. The van der Waals surface area contributed by atoms with E-state index in [0.29, 0.717) is 0 Å². The maximum absolute atomic E-state index is 4.22. The van der Waals surface area contributed by atoms with Crippen LogP contribution in [-0.2, 0) is 7.05 Å². The van der Waals surface area contributed by atoms with Gasteiger partial charge in [0, 0.05) is 18.5 Å². The molecule has 0 N–H and O–H groups in total. The Morgan fingerprint density at radius 2 is 2.17 bits per heavy atom. The smallest absolute Gasteiger partial charge is 0.396 e. The van der Waals surface area contributed by atoms with E-state index in [0.717, 1.165) is 0 Å². The molecule has 18 heavy (non-hydrogen) atoms. The molecule has 0 aliphatic carbocycles. The number of anilines is 1. The van der Waals surface area contributed by atoms with Gasteiger partial charge in [0.2, 0.25) is 0 Å². The molecule has 0 bridgehead atoms. The predicted octanol–water partition coefficient (Wildman–Crippen LogP) is 0.807. The molecule has 0 atom stereocenters. The molecule has 0 saturated heterocycles. The van der Waals surface area contributed by atoms with Crippen molar-refractivity contribution < 1.29 is 4.57 Å². The van der Waals surface area contributed by atoms with Gasteiger partial charge in [-0.3, -0.25) is 4.98 Å². The lowest BCUT2D eigenvalue weighted by Gasteiger charge is -2.27. The molecule has 88 valence electrons. The minimum atomic E-state index is 0.257. The molecule has 0 aromatic carbocycles. The summed E-state index contributed by atoms with van der Waals surface area (Å²) in [6.07, 6.45) is 8.01. The molecule has 3 nitrogen and oxygen atoms in total. The van der Waals surface area contributed by atoms with Crippen molar-refractivity contribution in [3.63, 3.8) is 0 Å². The summed E-state index contributed by atoms with van der Waals surface area (Å²) in [4.78, 5) is 6.48. The summed E-state index contributed by atoms with van der Waals surface area (Å²) in [5.74, 6) is 2.23. The largest absolute Gasteiger partial charge is 0.403 e. The van der Waals surface area contributed by atoms with Crippen LogP contribution >= 0.6 is 0 Å². The van der Waals surface area contributed by atoms with Crippen LogP contribution < -0.4 is 15.0 Å². The van der Waals surface area contributed by atoms with E-state index in [1.54, 1.807) is 0 Å². The first-order chi connectivity index (χ1) is 8.77. The van der Waals surface area contributed by atoms with Crippen molar-refractivity contribution >= 4 is 24.2 Å². The van der Waals surface area contributed by atoms with Crippen LogP contribution in [-0.4, -0.2) is 18.9 Å². The lowest BCUT2D eigenvalue weighted by molar-refractivity contribution is -0.654. The summed E-state index contributed by atoms with van der Waals surface area (Å²) in [6.45, 7) is 0.257. The minimum absolute atomic E-state index is 0.257. The van der Waals surface area contributed by atoms with E-state index in [1.807, 2.05) is 24.5 Å². The molecule has 2 aromatic rings. The van der Waals surface area contributed by atoms with Gasteiger partial charge in [0.25, 0.3) is 0 Å². The van der Waals surface area contributed by atoms with E-state index in [9.17, 15) is 0 Å². The van der Waals surface area contributed by atoms with E-state index < -0.39 is 0 Å². The first-order valence-corrected chi connectivity index (χ1v) is 6.07. The zero-order valence-electron chi connectivity index (χ0n) is 10.6. The number of aromatic nitrogens is 2. The summed E-state index contributed by atoms with van der Waals surface area (Å²) in [5.41, 5.74) is 3.67. The third-order valence-corrected chi connectivity index (χ3v) is 3.49. The number of rotatable bonds is 1. The number of nitrogens with zero attached hydrogens (tertiary/aromatic N) is 3. The van der Waals surface area contributed by atoms with Crippen LogP contribution in [0, 0.1) is 0 Å². The van der Waals surface area contributed by atoms with Crippen LogP contribution in [0.1, 0.15) is 5.56 Å². The van der Waals surface area contributed by atoms with Crippen LogP contribution in [0.2, 0.25) is 0 Å². The zero-order valence-corrected chi connectivity index (χ0v) is 10.6. The summed E-state index contributed by atoms with van der Waals surface area (Å²) in [7, 11) is 4.19. The van der Waals surface area contributed by atoms with Gasteiger partial charge < -0.3 is 4.81 Å². The van der Waals surface area contributed by atoms with Crippen molar-refractivity contribution in [3.8, 4) is 0 Å². The van der Waals surface area contributed by atoms with Crippen molar-refractivity contribution in [2.24, 2.45) is 7.05 Å². The lowest BCUT2D eigenvalue weighted by Crippen LogP contribution is -2.60. The average Bonchev–Trinajstić information content (AvgIpc) is 2.41. The molecule has 0 unspecified atom stereocenters. The molecular weight excluding hydrogens is 221 g/mol. The van der Waals surface area contributed by atoms with E-state index in [1.165, 1.54) is 16.8 Å². The third-order valence-electron chi connectivity index (χ3n) is 3.49. The molecule has 4 heteroatoms. The Labute approximate surface area is 108 Å². The molecule has 0 radical (unpaired) electrons. The molecule has 3 heterocycles. The standard InChI is InChI=1S/C14H15BN3/c1-17-10-4-3-5-14(17)15-8-6-12-7-9-16-11-13(12)18(15)2/h3-11H,1-2H3/q+1. The zero-order chi connectivity index (χ0) is 12.5. The van der Waals surface area contributed by atoms with Gasteiger partial charge in [0.15, 0.2) is 11.8 Å². The van der Waals surface area contributed by atoms with Crippen LogP contribution in [0.4, 0.5) is 5.69 Å².